The number of hydrogen-bond acceptors (Lipinski definition) is 4. The van der Waals surface area contributed by atoms with E-state index in [1.165, 1.54) is 11.0 Å². The maximum atomic E-state index is 10.1. The molecule has 5 heteroatoms. The van der Waals surface area contributed by atoms with Gasteiger partial charge in [-0.15, -0.1) is 5.10 Å². The van der Waals surface area contributed by atoms with Crippen molar-refractivity contribution < 1.29 is 4.79 Å². The fourth-order valence-electron chi connectivity index (χ4n) is 0.516. The van der Waals surface area contributed by atoms with Crippen molar-refractivity contribution in [2.45, 2.75) is 13.0 Å². The van der Waals surface area contributed by atoms with Gasteiger partial charge in [-0.1, -0.05) is 0 Å². The van der Waals surface area contributed by atoms with Gasteiger partial charge in [0.05, 0.1) is 18.4 Å². The molecule has 0 aliphatic rings. The Morgan fingerprint density at radius 3 is 3.10 bits per heavy atom. The highest BCUT2D eigenvalue weighted by molar-refractivity contribution is 5.58. The second-order valence-corrected chi connectivity index (χ2v) is 1.90. The van der Waals surface area contributed by atoms with Crippen molar-refractivity contribution in [2.24, 2.45) is 0 Å². The van der Waals surface area contributed by atoms with Crippen LogP contribution in [0.1, 0.15) is 6.92 Å². The van der Waals surface area contributed by atoms with Gasteiger partial charge in [0.25, 0.3) is 0 Å². The van der Waals surface area contributed by atoms with Gasteiger partial charge in [0.15, 0.2) is 0 Å². The van der Waals surface area contributed by atoms with Crippen LogP contribution in [0.2, 0.25) is 0 Å². The van der Waals surface area contributed by atoms with Gasteiger partial charge in [-0.25, -0.2) is 0 Å². The Balaban J connectivity index is 2.47. The van der Waals surface area contributed by atoms with Gasteiger partial charge in [-0.3, -0.25) is 5.43 Å². The predicted octanol–water partition coefficient (Wildman–Crippen LogP) is -0.591. The average molecular weight is 140 g/mol. The Kier molecular flexibility index (Phi) is 1.99. The summed E-state index contributed by atoms with van der Waals surface area (Å²) in [6.07, 6.45) is 3.95. The van der Waals surface area contributed by atoms with Crippen LogP contribution in [0.25, 0.3) is 0 Å². The molecule has 1 atom stereocenters. The number of carbonyl (C=O) groups is 1. The molecule has 0 fully saturated rings. The standard InChI is InChI=1S/C5H8N4O/c1-5(4-10)7-9-3-2-6-8-9/h2-5,7H,1H3. The van der Waals surface area contributed by atoms with Gasteiger partial charge in [0.1, 0.15) is 6.29 Å². The lowest BCUT2D eigenvalue weighted by Crippen LogP contribution is -2.26. The number of carbonyl (C=O) groups excluding carboxylic acids is 1. The molecular weight excluding hydrogens is 132 g/mol. The number of hydrogen-bond donors (Lipinski definition) is 1. The molecule has 0 spiro atoms. The Labute approximate surface area is 58.0 Å². The highest BCUT2D eigenvalue weighted by Gasteiger charge is 1.96. The molecule has 10 heavy (non-hydrogen) atoms. The summed E-state index contributed by atoms with van der Waals surface area (Å²) < 4.78 is 0. The highest BCUT2D eigenvalue weighted by atomic mass is 16.1. The minimum Gasteiger partial charge on any atom is -0.301 e. The van der Waals surface area contributed by atoms with E-state index in [9.17, 15) is 4.79 Å². The molecule has 1 unspecified atom stereocenters. The molecule has 1 aromatic heterocycles. The fourth-order valence-corrected chi connectivity index (χ4v) is 0.516. The summed E-state index contributed by atoms with van der Waals surface area (Å²) in [6.45, 7) is 1.73. The van der Waals surface area contributed by atoms with E-state index < -0.39 is 0 Å². The van der Waals surface area contributed by atoms with Gasteiger partial charge in [-0.2, -0.15) is 4.79 Å². The second-order valence-electron chi connectivity index (χ2n) is 1.90. The molecule has 1 rings (SSSR count). The first-order chi connectivity index (χ1) is 4.83. The minimum atomic E-state index is -0.235. The maximum absolute atomic E-state index is 10.1. The van der Waals surface area contributed by atoms with Crippen LogP contribution in [0.3, 0.4) is 0 Å². The molecule has 1 N–H and O–H groups in total. The summed E-state index contributed by atoms with van der Waals surface area (Å²) in [7, 11) is 0. The number of aldehydes is 1. The molecule has 0 saturated carbocycles. The first kappa shape index (κ1) is 6.73. The topological polar surface area (TPSA) is 59.8 Å². The monoisotopic (exact) mass is 140 g/mol. The van der Waals surface area contributed by atoms with Crippen LogP contribution in [0.5, 0.6) is 0 Å². The van der Waals surface area contributed by atoms with Crippen molar-refractivity contribution in [1.29, 1.82) is 0 Å². The van der Waals surface area contributed by atoms with E-state index in [2.05, 4.69) is 15.7 Å². The van der Waals surface area contributed by atoms with Crippen molar-refractivity contribution >= 4 is 6.29 Å². The Hall–Kier alpha value is -1.39. The third kappa shape index (κ3) is 1.54. The molecule has 0 aliphatic heterocycles. The van der Waals surface area contributed by atoms with Crippen molar-refractivity contribution in [2.75, 3.05) is 5.43 Å². The lowest BCUT2D eigenvalue weighted by Gasteiger charge is -2.05. The van der Waals surface area contributed by atoms with Crippen LogP contribution in [-0.4, -0.2) is 27.4 Å². The van der Waals surface area contributed by atoms with E-state index >= 15 is 0 Å². The second kappa shape index (κ2) is 2.95. The zero-order valence-corrected chi connectivity index (χ0v) is 5.56. The molecule has 1 heterocycles. The van der Waals surface area contributed by atoms with E-state index in [-0.39, 0.29) is 6.04 Å². The van der Waals surface area contributed by atoms with Crippen LogP contribution in [0.15, 0.2) is 12.4 Å². The fraction of sp³-hybridized carbons (Fsp3) is 0.400. The molecule has 0 radical (unpaired) electrons. The number of nitrogens with zero attached hydrogens (tertiary/aromatic N) is 3. The van der Waals surface area contributed by atoms with Crippen molar-refractivity contribution in [3.63, 3.8) is 0 Å². The highest BCUT2D eigenvalue weighted by Crippen LogP contribution is 1.78. The Morgan fingerprint density at radius 2 is 2.60 bits per heavy atom. The molecule has 0 saturated heterocycles. The van der Waals surface area contributed by atoms with Crippen molar-refractivity contribution in [3.8, 4) is 0 Å². The summed E-state index contributed by atoms with van der Waals surface area (Å²) in [4.78, 5) is 11.5. The van der Waals surface area contributed by atoms with E-state index in [4.69, 9.17) is 0 Å². The zero-order chi connectivity index (χ0) is 7.40. The van der Waals surface area contributed by atoms with Crippen molar-refractivity contribution in [1.82, 2.24) is 15.1 Å². The van der Waals surface area contributed by atoms with Gasteiger partial charge in [-0.05, 0) is 12.1 Å². The van der Waals surface area contributed by atoms with Crippen LogP contribution < -0.4 is 5.43 Å². The normalized spacial score (nSPS) is 12.5. The maximum Gasteiger partial charge on any atom is 0.143 e. The smallest absolute Gasteiger partial charge is 0.143 e. The molecule has 0 aliphatic carbocycles. The quantitative estimate of drug-likeness (QED) is 0.570. The first-order valence-electron chi connectivity index (χ1n) is 2.91. The third-order valence-electron chi connectivity index (χ3n) is 0.963. The molecule has 54 valence electrons. The number of nitrogens with one attached hydrogen (secondary N) is 1. The summed E-state index contributed by atoms with van der Waals surface area (Å²) in [6, 6.07) is -0.235. The average Bonchev–Trinajstić information content (AvgIpc) is 2.40. The Bertz CT molecular complexity index is 195. The van der Waals surface area contributed by atoms with Gasteiger partial charge < -0.3 is 4.79 Å². The summed E-state index contributed by atoms with van der Waals surface area (Å²) >= 11 is 0. The van der Waals surface area contributed by atoms with Crippen molar-refractivity contribution in [3.05, 3.63) is 12.4 Å². The van der Waals surface area contributed by atoms with E-state index in [1.807, 2.05) is 0 Å². The minimum absolute atomic E-state index is 0.235. The lowest BCUT2D eigenvalue weighted by atomic mass is 10.4. The Morgan fingerprint density at radius 1 is 1.80 bits per heavy atom. The van der Waals surface area contributed by atoms with E-state index in [0.29, 0.717) is 0 Å². The molecule has 0 amide bonds. The van der Waals surface area contributed by atoms with Gasteiger partial charge in [0, 0.05) is 0 Å². The van der Waals surface area contributed by atoms with Crippen LogP contribution in [0.4, 0.5) is 0 Å². The van der Waals surface area contributed by atoms with E-state index in [1.54, 1.807) is 13.1 Å². The molecule has 1 aromatic rings. The van der Waals surface area contributed by atoms with Crippen LogP contribution in [-0.2, 0) is 4.79 Å². The first-order valence-corrected chi connectivity index (χ1v) is 2.91. The SMILES string of the molecule is CC(C=O)Nn1ccnn1. The zero-order valence-electron chi connectivity index (χ0n) is 5.56. The predicted molar refractivity (Wildman–Crippen MR) is 34.9 cm³/mol. The molecule has 0 aromatic carbocycles. The summed E-state index contributed by atoms with van der Waals surface area (Å²) in [5.41, 5.74) is 2.75. The van der Waals surface area contributed by atoms with Crippen LogP contribution >= 0.6 is 0 Å². The third-order valence-corrected chi connectivity index (χ3v) is 0.963. The number of rotatable bonds is 3. The van der Waals surface area contributed by atoms with Gasteiger partial charge >= 0.3 is 0 Å². The number of aromatic nitrogens is 3. The van der Waals surface area contributed by atoms with E-state index in [0.717, 1.165) is 6.29 Å². The summed E-state index contributed by atoms with van der Waals surface area (Å²) in [5.74, 6) is 0. The molecular formula is C5H8N4O. The summed E-state index contributed by atoms with van der Waals surface area (Å²) in [5, 5.41) is 7.14. The molecule has 5 nitrogen and oxygen atoms in total. The largest absolute Gasteiger partial charge is 0.301 e. The molecule has 0 bridgehead atoms. The van der Waals surface area contributed by atoms with Gasteiger partial charge in [0.2, 0.25) is 0 Å². The van der Waals surface area contributed by atoms with Crippen LogP contribution in [0, 0.1) is 0 Å². The lowest BCUT2D eigenvalue weighted by molar-refractivity contribution is -0.108.